The van der Waals surface area contributed by atoms with Crippen molar-refractivity contribution in [3.05, 3.63) is 0 Å². The van der Waals surface area contributed by atoms with E-state index in [2.05, 4.69) is 6.92 Å². The lowest BCUT2D eigenvalue weighted by Crippen LogP contribution is -2.30. The van der Waals surface area contributed by atoms with Gasteiger partial charge in [-0.25, -0.2) is 0 Å². The van der Waals surface area contributed by atoms with Crippen LogP contribution < -0.4 is 0 Å². The van der Waals surface area contributed by atoms with E-state index in [1.807, 2.05) is 6.92 Å². The molecule has 0 aromatic rings. The summed E-state index contributed by atoms with van der Waals surface area (Å²) in [4.78, 5) is 11.1. The van der Waals surface area contributed by atoms with Crippen molar-refractivity contribution >= 4 is 5.78 Å². The van der Waals surface area contributed by atoms with Gasteiger partial charge in [0.2, 0.25) is 0 Å². The molecule has 0 radical (unpaired) electrons. The highest BCUT2D eigenvalue weighted by Crippen LogP contribution is 2.48. The average molecular weight is 140 g/mol. The molecule has 2 nitrogen and oxygen atoms in total. The van der Waals surface area contributed by atoms with E-state index in [1.54, 1.807) is 0 Å². The molecule has 2 fully saturated rings. The normalized spacial score (nSPS) is 52.4. The number of carbonyl (C=O) groups is 1. The van der Waals surface area contributed by atoms with E-state index in [-0.39, 0.29) is 11.7 Å². The Morgan fingerprint density at radius 1 is 1.70 bits per heavy atom. The lowest BCUT2D eigenvalue weighted by atomic mass is 9.81. The van der Waals surface area contributed by atoms with Crippen LogP contribution in [0.4, 0.5) is 0 Å². The molecule has 0 N–H and O–H groups in total. The zero-order valence-electron chi connectivity index (χ0n) is 6.39. The third-order valence-corrected chi connectivity index (χ3v) is 2.93. The zero-order chi connectivity index (χ0) is 7.35. The van der Waals surface area contributed by atoms with Crippen molar-refractivity contribution in [2.45, 2.75) is 38.4 Å². The number of ketones is 1. The van der Waals surface area contributed by atoms with Crippen LogP contribution in [0.3, 0.4) is 0 Å². The molecule has 0 amide bonds. The fourth-order valence-electron chi connectivity index (χ4n) is 1.76. The van der Waals surface area contributed by atoms with Gasteiger partial charge in [-0.2, -0.15) is 0 Å². The van der Waals surface area contributed by atoms with Crippen LogP contribution in [0, 0.1) is 5.92 Å². The molecule has 0 bridgehead atoms. The van der Waals surface area contributed by atoms with Crippen LogP contribution in [0.1, 0.15) is 26.7 Å². The molecule has 2 rings (SSSR count). The second kappa shape index (κ2) is 1.62. The first-order chi connectivity index (χ1) is 4.64. The molecular weight excluding hydrogens is 128 g/mol. The Morgan fingerprint density at radius 2 is 2.40 bits per heavy atom. The third kappa shape index (κ3) is 0.601. The van der Waals surface area contributed by atoms with Gasteiger partial charge < -0.3 is 4.74 Å². The van der Waals surface area contributed by atoms with Gasteiger partial charge in [0.15, 0.2) is 5.78 Å². The van der Waals surface area contributed by atoms with E-state index >= 15 is 0 Å². The van der Waals surface area contributed by atoms with Crippen molar-refractivity contribution in [3.8, 4) is 0 Å². The predicted molar refractivity (Wildman–Crippen MR) is 36.7 cm³/mol. The highest BCUT2D eigenvalue weighted by molar-refractivity contribution is 5.88. The Balaban J connectivity index is 2.19. The van der Waals surface area contributed by atoms with Gasteiger partial charge in [0.1, 0.15) is 11.7 Å². The van der Waals surface area contributed by atoms with E-state index in [0.29, 0.717) is 11.7 Å². The maximum absolute atomic E-state index is 11.1. The summed E-state index contributed by atoms with van der Waals surface area (Å²) in [7, 11) is 0. The molecule has 1 saturated heterocycles. The first-order valence-corrected chi connectivity index (χ1v) is 3.85. The Morgan fingerprint density at radius 3 is 3.00 bits per heavy atom. The van der Waals surface area contributed by atoms with Crippen molar-refractivity contribution in [2.24, 2.45) is 5.92 Å². The molecule has 2 aliphatic rings. The largest absolute Gasteiger partial charge is 0.358 e. The first kappa shape index (κ1) is 6.35. The minimum absolute atomic E-state index is 0.0451. The SMILES string of the molecule is CC1CCC(=O)C2OC12C. The van der Waals surface area contributed by atoms with E-state index in [1.165, 1.54) is 0 Å². The standard InChI is InChI=1S/C8H12O2/c1-5-3-4-6(9)7-8(5,2)10-7/h5,7H,3-4H2,1-2H3. The number of fused-ring (bicyclic) bond motifs is 1. The highest BCUT2D eigenvalue weighted by atomic mass is 16.6. The van der Waals surface area contributed by atoms with Gasteiger partial charge in [0.05, 0.1) is 0 Å². The van der Waals surface area contributed by atoms with E-state index in [0.717, 1.165) is 12.8 Å². The fourth-order valence-corrected chi connectivity index (χ4v) is 1.76. The number of hydrogen-bond donors (Lipinski definition) is 0. The Bertz CT molecular complexity index is 188. The molecule has 0 aromatic heterocycles. The molecule has 56 valence electrons. The monoisotopic (exact) mass is 140 g/mol. The van der Waals surface area contributed by atoms with E-state index in [9.17, 15) is 4.79 Å². The number of epoxide rings is 1. The van der Waals surface area contributed by atoms with Crippen molar-refractivity contribution in [3.63, 3.8) is 0 Å². The van der Waals surface area contributed by atoms with Crippen LogP contribution in [0.25, 0.3) is 0 Å². The van der Waals surface area contributed by atoms with Crippen LogP contribution in [-0.2, 0) is 9.53 Å². The summed E-state index contributed by atoms with van der Waals surface area (Å²) in [6.45, 7) is 4.20. The van der Waals surface area contributed by atoms with Gasteiger partial charge in [-0.1, -0.05) is 6.92 Å². The maximum Gasteiger partial charge on any atom is 0.164 e. The van der Waals surface area contributed by atoms with Crippen LogP contribution in [0.15, 0.2) is 0 Å². The molecule has 3 unspecified atom stereocenters. The molecule has 1 saturated carbocycles. The first-order valence-electron chi connectivity index (χ1n) is 3.85. The van der Waals surface area contributed by atoms with Crippen LogP contribution in [0.5, 0.6) is 0 Å². The smallest absolute Gasteiger partial charge is 0.164 e. The molecule has 1 aliphatic carbocycles. The van der Waals surface area contributed by atoms with Gasteiger partial charge in [0, 0.05) is 6.42 Å². The van der Waals surface area contributed by atoms with Crippen LogP contribution in [-0.4, -0.2) is 17.5 Å². The van der Waals surface area contributed by atoms with Crippen molar-refractivity contribution in [1.29, 1.82) is 0 Å². The number of hydrogen-bond acceptors (Lipinski definition) is 2. The van der Waals surface area contributed by atoms with E-state index < -0.39 is 0 Å². The van der Waals surface area contributed by atoms with Gasteiger partial charge in [-0.15, -0.1) is 0 Å². The van der Waals surface area contributed by atoms with Gasteiger partial charge in [-0.05, 0) is 19.3 Å². The number of ether oxygens (including phenoxy) is 1. The van der Waals surface area contributed by atoms with Crippen molar-refractivity contribution in [2.75, 3.05) is 0 Å². The highest BCUT2D eigenvalue weighted by Gasteiger charge is 2.61. The summed E-state index contributed by atoms with van der Waals surface area (Å²) >= 11 is 0. The molecule has 10 heavy (non-hydrogen) atoms. The summed E-state index contributed by atoms with van der Waals surface area (Å²) in [5.74, 6) is 0.871. The number of rotatable bonds is 0. The summed E-state index contributed by atoms with van der Waals surface area (Å²) in [6.07, 6.45) is 1.68. The Hall–Kier alpha value is -0.370. The lowest BCUT2D eigenvalue weighted by Gasteiger charge is -2.19. The Labute approximate surface area is 60.6 Å². The maximum atomic E-state index is 11.1. The quantitative estimate of drug-likeness (QED) is 0.472. The number of Topliss-reactive ketones (excluding diaryl/α,β-unsaturated/α-hetero) is 1. The average Bonchev–Trinajstić information content (AvgIpc) is 2.56. The minimum atomic E-state index is -0.0741. The molecule has 1 aliphatic heterocycles. The lowest BCUT2D eigenvalue weighted by molar-refractivity contribution is -0.121. The fraction of sp³-hybridized carbons (Fsp3) is 0.875. The minimum Gasteiger partial charge on any atom is -0.358 e. The Kier molecular flexibility index (Phi) is 1.03. The van der Waals surface area contributed by atoms with Crippen LogP contribution >= 0.6 is 0 Å². The summed E-state index contributed by atoms with van der Waals surface area (Å²) in [5, 5.41) is 0. The summed E-state index contributed by atoms with van der Waals surface area (Å²) in [6, 6.07) is 0. The molecule has 2 heteroatoms. The van der Waals surface area contributed by atoms with Gasteiger partial charge in [-0.3, -0.25) is 4.79 Å². The van der Waals surface area contributed by atoms with E-state index in [4.69, 9.17) is 4.74 Å². The van der Waals surface area contributed by atoms with Gasteiger partial charge >= 0.3 is 0 Å². The van der Waals surface area contributed by atoms with Gasteiger partial charge in [0.25, 0.3) is 0 Å². The van der Waals surface area contributed by atoms with Crippen molar-refractivity contribution in [1.82, 2.24) is 0 Å². The summed E-state index contributed by atoms with van der Waals surface area (Å²) in [5.41, 5.74) is -0.0741. The molecular formula is C8H12O2. The summed E-state index contributed by atoms with van der Waals surface area (Å²) < 4.78 is 5.34. The third-order valence-electron chi connectivity index (χ3n) is 2.93. The van der Waals surface area contributed by atoms with Crippen LogP contribution in [0.2, 0.25) is 0 Å². The second-order valence-corrected chi connectivity index (χ2v) is 3.59. The number of carbonyl (C=O) groups excluding carboxylic acids is 1. The van der Waals surface area contributed by atoms with Crippen molar-refractivity contribution < 1.29 is 9.53 Å². The molecule has 1 heterocycles. The molecule has 0 spiro atoms. The second-order valence-electron chi connectivity index (χ2n) is 3.59. The molecule has 3 atom stereocenters. The zero-order valence-corrected chi connectivity index (χ0v) is 6.39. The predicted octanol–water partition coefficient (Wildman–Crippen LogP) is 1.14. The topological polar surface area (TPSA) is 29.6 Å². The molecule has 0 aromatic carbocycles.